The molecule has 1 heterocycles. The molecule has 0 saturated carbocycles. The molecule has 2 aromatic rings. The Morgan fingerprint density at radius 2 is 1.77 bits per heavy atom. The lowest BCUT2D eigenvalue weighted by atomic mass is 10.2. The highest BCUT2D eigenvalue weighted by Gasteiger charge is 2.01. The van der Waals surface area contributed by atoms with Crippen LogP contribution in [-0.2, 0) is 0 Å². The molecule has 0 aliphatic rings. The van der Waals surface area contributed by atoms with Crippen molar-refractivity contribution in [3.05, 3.63) is 38.0 Å². The van der Waals surface area contributed by atoms with Gasteiger partial charge in [0, 0.05) is 19.9 Å². The highest BCUT2D eigenvalue weighted by Crippen LogP contribution is 2.27. The number of aromatic nitrogens is 1. The molecule has 0 saturated heterocycles. The lowest BCUT2D eigenvalue weighted by Gasteiger charge is -1.99. The van der Waals surface area contributed by atoms with E-state index in [-0.39, 0.29) is 0 Å². The minimum atomic E-state index is 1.02. The van der Waals surface area contributed by atoms with Gasteiger partial charge in [-0.2, -0.15) is 0 Å². The third kappa shape index (κ3) is 2.18. The van der Waals surface area contributed by atoms with Crippen molar-refractivity contribution in [2.24, 2.45) is 0 Å². The van der Waals surface area contributed by atoms with Crippen LogP contribution in [0.15, 0.2) is 38.0 Å². The Labute approximate surface area is 97.1 Å². The molecule has 1 aromatic heterocycles. The topological polar surface area (TPSA) is 12.9 Å². The summed E-state index contributed by atoms with van der Waals surface area (Å²) in [6.45, 7) is 0. The standard InChI is InChI=1S/C9H5Br2NS/c10-7-1-6(2-8(11)3-7)9-4-13-5-12-9/h1-5H. The van der Waals surface area contributed by atoms with E-state index < -0.39 is 0 Å². The molecular weight excluding hydrogens is 314 g/mol. The van der Waals surface area contributed by atoms with Crippen molar-refractivity contribution in [2.75, 3.05) is 0 Å². The van der Waals surface area contributed by atoms with E-state index in [1.54, 1.807) is 11.3 Å². The highest BCUT2D eigenvalue weighted by atomic mass is 79.9. The van der Waals surface area contributed by atoms with E-state index in [0.717, 1.165) is 20.2 Å². The molecule has 0 amide bonds. The fraction of sp³-hybridized carbons (Fsp3) is 0. The molecule has 13 heavy (non-hydrogen) atoms. The van der Waals surface area contributed by atoms with E-state index in [0.29, 0.717) is 0 Å². The molecule has 0 spiro atoms. The first-order chi connectivity index (χ1) is 6.25. The summed E-state index contributed by atoms with van der Waals surface area (Å²) in [6, 6.07) is 6.12. The van der Waals surface area contributed by atoms with E-state index in [2.05, 4.69) is 49.0 Å². The Balaban J connectivity index is 2.53. The van der Waals surface area contributed by atoms with Gasteiger partial charge in [0.1, 0.15) is 0 Å². The van der Waals surface area contributed by atoms with Crippen molar-refractivity contribution < 1.29 is 0 Å². The molecule has 4 heteroatoms. The molecule has 0 unspecified atom stereocenters. The van der Waals surface area contributed by atoms with Gasteiger partial charge in [0.05, 0.1) is 11.2 Å². The number of hydrogen-bond donors (Lipinski definition) is 0. The van der Waals surface area contributed by atoms with Crippen LogP contribution in [-0.4, -0.2) is 4.98 Å². The number of halogens is 2. The first kappa shape index (κ1) is 9.37. The maximum absolute atomic E-state index is 4.25. The second-order valence-electron chi connectivity index (χ2n) is 2.53. The predicted molar refractivity (Wildman–Crippen MR) is 63.0 cm³/mol. The van der Waals surface area contributed by atoms with Crippen LogP contribution in [0, 0.1) is 0 Å². The van der Waals surface area contributed by atoms with Gasteiger partial charge in [0.25, 0.3) is 0 Å². The van der Waals surface area contributed by atoms with Gasteiger partial charge < -0.3 is 0 Å². The average molecular weight is 319 g/mol. The average Bonchev–Trinajstić information content (AvgIpc) is 2.53. The summed E-state index contributed by atoms with van der Waals surface area (Å²) >= 11 is 8.49. The van der Waals surface area contributed by atoms with Crippen LogP contribution < -0.4 is 0 Å². The quantitative estimate of drug-likeness (QED) is 0.762. The van der Waals surface area contributed by atoms with Gasteiger partial charge >= 0.3 is 0 Å². The van der Waals surface area contributed by atoms with E-state index in [1.807, 2.05) is 17.0 Å². The Morgan fingerprint density at radius 3 is 2.31 bits per heavy atom. The van der Waals surface area contributed by atoms with Gasteiger partial charge in [0.2, 0.25) is 0 Å². The zero-order valence-corrected chi connectivity index (χ0v) is 10.5. The molecule has 0 fully saturated rings. The molecule has 0 atom stereocenters. The van der Waals surface area contributed by atoms with Crippen LogP contribution in [0.1, 0.15) is 0 Å². The molecule has 0 radical (unpaired) electrons. The molecule has 2 rings (SSSR count). The summed E-state index contributed by atoms with van der Waals surface area (Å²) in [5.41, 5.74) is 3.99. The number of benzene rings is 1. The molecule has 66 valence electrons. The van der Waals surface area contributed by atoms with E-state index >= 15 is 0 Å². The van der Waals surface area contributed by atoms with Gasteiger partial charge in [-0.3, -0.25) is 0 Å². The largest absolute Gasteiger partial charge is 0.245 e. The maximum Gasteiger partial charge on any atom is 0.0811 e. The summed E-state index contributed by atoms with van der Waals surface area (Å²) in [4.78, 5) is 4.25. The van der Waals surface area contributed by atoms with Crippen LogP contribution in [0.4, 0.5) is 0 Å². The summed E-state index contributed by atoms with van der Waals surface area (Å²) < 4.78 is 2.12. The van der Waals surface area contributed by atoms with Crippen LogP contribution in [0.5, 0.6) is 0 Å². The Hall–Kier alpha value is -0.190. The first-order valence-electron chi connectivity index (χ1n) is 3.60. The second-order valence-corrected chi connectivity index (χ2v) is 5.08. The lowest BCUT2D eigenvalue weighted by Crippen LogP contribution is -1.77. The van der Waals surface area contributed by atoms with Crippen molar-refractivity contribution in [1.82, 2.24) is 4.98 Å². The molecule has 0 bridgehead atoms. The highest BCUT2D eigenvalue weighted by molar-refractivity contribution is 9.11. The third-order valence-electron chi connectivity index (χ3n) is 1.59. The van der Waals surface area contributed by atoms with E-state index in [9.17, 15) is 0 Å². The third-order valence-corrected chi connectivity index (χ3v) is 3.09. The monoisotopic (exact) mass is 317 g/mol. The molecule has 1 aromatic carbocycles. The van der Waals surface area contributed by atoms with Gasteiger partial charge in [-0.05, 0) is 18.2 Å². The first-order valence-corrected chi connectivity index (χ1v) is 6.13. The summed E-state index contributed by atoms with van der Waals surface area (Å²) in [7, 11) is 0. The van der Waals surface area contributed by atoms with Crippen molar-refractivity contribution in [3.8, 4) is 11.3 Å². The molecular formula is C9H5Br2NS. The van der Waals surface area contributed by atoms with E-state index in [1.165, 1.54) is 0 Å². The molecule has 0 aliphatic carbocycles. The normalized spacial score (nSPS) is 10.3. The van der Waals surface area contributed by atoms with Gasteiger partial charge in [-0.25, -0.2) is 4.98 Å². The van der Waals surface area contributed by atoms with Crippen molar-refractivity contribution in [3.63, 3.8) is 0 Å². The fourth-order valence-corrected chi connectivity index (χ4v) is 2.91. The Morgan fingerprint density at radius 1 is 1.08 bits per heavy atom. The smallest absolute Gasteiger partial charge is 0.0811 e. The summed E-state index contributed by atoms with van der Waals surface area (Å²) in [5.74, 6) is 0. The van der Waals surface area contributed by atoms with Crippen LogP contribution in [0.2, 0.25) is 0 Å². The minimum Gasteiger partial charge on any atom is -0.245 e. The molecule has 0 aliphatic heterocycles. The SMILES string of the molecule is Brc1cc(Br)cc(-c2cscn2)c1. The minimum absolute atomic E-state index is 1.02. The number of thiazole rings is 1. The van der Waals surface area contributed by atoms with Crippen LogP contribution in [0.25, 0.3) is 11.3 Å². The van der Waals surface area contributed by atoms with Gasteiger partial charge in [0.15, 0.2) is 0 Å². The number of rotatable bonds is 1. The van der Waals surface area contributed by atoms with Crippen LogP contribution in [0.3, 0.4) is 0 Å². The summed E-state index contributed by atoms with van der Waals surface area (Å²) in [5, 5.41) is 2.04. The molecule has 0 N–H and O–H groups in total. The van der Waals surface area contributed by atoms with E-state index in [4.69, 9.17) is 0 Å². The Bertz CT molecular complexity index is 391. The fourth-order valence-electron chi connectivity index (χ4n) is 1.06. The zero-order chi connectivity index (χ0) is 9.26. The summed E-state index contributed by atoms with van der Waals surface area (Å²) in [6.07, 6.45) is 0. The number of nitrogens with zero attached hydrogens (tertiary/aromatic N) is 1. The van der Waals surface area contributed by atoms with Crippen molar-refractivity contribution >= 4 is 43.2 Å². The predicted octanol–water partition coefficient (Wildman–Crippen LogP) is 4.34. The van der Waals surface area contributed by atoms with Crippen molar-refractivity contribution in [1.29, 1.82) is 0 Å². The van der Waals surface area contributed by atoms with Crippen molar-refractivity contribution in [2.45, 2.75) is 0 Å². The lowest BCUT2D eigenvalue weighted by molar-refractivity contribution is 1.40. The van der Waals surface area contributed by atoms with Crippen LogP contribution >= 0.6 is 43.2 Å². The maximum atomic E-state index is 4.25. The zero-order valence-electron chi connectivity index (χ0n) is 6.50. The Kier molecular flexibility index (Phi) is 2.81. The van der Waals surface area contributed by atoms with Gasteiger partial charge in [-0.1, -0.05) is 31.9 Å². The second kappa shape index (κ2) is 3.90. The molecule has 1 nitrogen and oxygen atoms in total. The van der Waals surface area contributed by atoms with Gasteiger partial charge in [-0.15, -0.1) is 11.3 Å². The number of hydrogen-bond acceptors (Lipinski definition) is 2.